The number of nitro groups is 1. The van der Waals surface area contributed by atoms with Gasteiger partial charge in [0.25, 0.3) is 11.6 Å². The Kier molecular flexibility index (Phi) is 6.07. The average Bonchev–Trinajstić information content (AvgIpc) is 2.72. The lowest BCUT2D eigenvalue weighted by molar-refractivity contribution is -0.385. The predicted octanol–water partition coefficient (Wildman–Crippen LogP) is 2.30. The molecule has 0 N–H and O–H groups in total. The molecule has 3 rings (SSSR count). The number of nitrogens with zero attached hydrogens (tertiary/aromatic N) is 3. The van der Waals surface area contributed by atoms with Crippen molar-refractivity contribution in [1.82, 2.24) is 4.90 Å². The normalized spacial score (nSPS) is 14.4. The van der Waals surface area contributed by atoms with Crippen LogP contribution < -0.4 is 4.90 Å². The van der Waals surface area contributed by atoms with E-state index in [1.54, 1.807) is 4.90 Å². The van der Waals surface area contributed by atoms with Crippen molar-refractivity contribution in [2.24, 2.45) is 0 Å². The highest BCUT2D eigenvalue weighted by molar-refractivity contribution is 7.90. The maximum Gasteiger partial charge on any atom is 0.271 e. The van der Waals surface area contributed by atoms with Crippen LogP contribution in [-0.4, -0.2) is 62.4 Å². The molecule has 0 saturated carbocycles. The van der Waals surface area contributed by atoms with Crippen molar-refractivity contribution in [2.75, 3.05) is 37.3 Å². The van der Waals surface area contributed by atoms with Crippen molar-refractivity contribution in [1.29, 1.82) is 0 Å². The number of halogens is 1. The van der Waals surface area contributed by atoms with Crippen molar-refractivity contribution in [3.8, 4) is 0 Å². The SMILES string of the molecule is CC(=O)c1ccc(N2CCN(C(=O)c3cc([N+](=O)[O-])cc(S(C)(=O)=O)c3)CC2)c(F)c1. The molecule has 0 atom stereocenters. The smallest absolute Gasteiger partial charge is 0.271 e. The van der Waals surface area contributed by atoms with E-state index in [2.05, 4.69) is 0 Å². The molecule has 1 heterocycles. The van der Waals surface area contributed by atoms with Gasteiger partial charge in [0, 0.05) is 55.7 Å². The van der Waals surface area contributed by atoms with Gasteiger partial charge in [-0.05, 0) is 31.2 Å². The van der Waals surface area contributed by atoms with Crippen molar-refractivity contribution in [3.05, 3.63) is 63.5 Å². The van der Waals surface area contributed by atoms with E-state index < -0.39 is 32.2 Å². The van der Waals surface area contributed by atoms with Gasteiger partial charge in [-0.2, -0.15) is 0 Å². The van der Waals surface area contributed by atoms with Gasteiger partial charge >= 0.3 is 0 Å². The molecule has 1 fully saturated rings. The molecule has 1 saturated heterocycles. The van der Waals surface area contributed by atoms with E-state index >= 15 is 0 Å². The van der Waals surface area contributed by atoms with Gasteiger partial charge in [0.05, 0.1) is 15.5 Å². The molecule has 0 aromatic heterocycles. The second-order valence-corrected chi connectivity index (χ2v) is 9.26. The van der Waals surface area contributed by atoms with Crippen LogP contribution in [0.25, 0.3) is 0 Å². The maximum atomic E-state index is 14.4. The molecule has 0 radical (unpaired) electrons. The Balaban J connectivity index is 1.78. The van der Waals surface area contributed by atoms with E-state index in [0.29, 0.717) is 18.8 Å². The third-order valence-electron chi connectivity index (χ3n) is 5.04. The Bertz CT molecular complexity index is 1170. The number of non-ortho nitro benzene ring substituents is 1. The maximum absolute atomic E-state index is 14.4. The summed E-state index contributed by atoms with van der Waals surface area (Å²) in [5.74, 6) is -1.32. The summed E-state index contributed by atoms with van der Waals surface area (Å²) in [5, 5.41) is 11.2. The molecule has 1 aliphatic rings. The number of Topliss-reactive ketones (excluding diaryl/α,β-unsaturated/α-hetero) is 1. The van der Waals surface area contributed by atoms with Crippen LogP contribution in [0.1, 0.15) is 27.6 Å². The van der Waals surface area contributed by atoms with Crippen LogP contribution in [0, 0.1) is 15.9 Å². The summed E-state index contributed by atoms with van der Waals surface area (Å²) in [6.07, 6.45) is 0.908. The molecule has 2 aromatic rings. The minimum Gasteiger partial charge on any atom is -0.366 e. The van der Waals surface area contributed by atoms with E-state index in [4.69, 9.17) is 0 Å². The number of rotatable bonds is 5. The van der Waals surface area contributed by atoms with E-state index in [1.165, 1.54) is 30.0 Å². The Morgan fingerprint density at radius 3 is 2.19 bits per heavy atom. The quantitative estimate of drug-likeness (QED) is 0.390. The molecular weight excluding hydrogens is 429 g/mol. The van der Waals surface area contributed by atoms with Gasteiger partial charge in [-0.1, -0.05) is 0 Å². The second-order valence-electron chi connectivity index (χ2n) is 7.25. The summed E-state index contributed by atoms with van der Waals surface area (Å²) in [6.45, 7) is 2.38. The van der Waals surface area contributed by atoms with Crippen LogP contribution in [-0.2, 0) is 9.84 Å². The molecule has 2 aromatic carbocycles. The Morgan fingerprint density at radius 2 is 1.68 bits per heavy atom. The van der Waals surface area contributed by atoms with Gasteiger partial charge in [0.15, 0.2) is 15.6 Å². The first-order chi connectivity index (χ1) is 14.5. The molecule has 164 valence electrons. The lowest BCUT2D eigenvalue weighted by Gasteiger charge is -2.36. The number of sulfone groups is 1. The molecular formula is C20H20FN3O6S. The van der Waals surface area contributed by atoms with Gasteiger partial charge < -0.3 is 9.80 Å². The Hall–Kier alpha value is -3.34. The molecule has 0 unspecified atom stereocenters. The number of ketones is 1. The zero-order valence-corrected chi connectivity index (χ0v) is 17.7. The van der Waals surface area contributed by atoms with E-state index in [0.717, 1.165) is 24.5 Å². The number of benzene rings is 2. The summed E-state index contributed by atoms with van der Waals surface area (Å²) in [6, 6.07) is 7.31. The summed E-state index contributed by atoms with van der Waals surface area (Å²) < 4.78 is 38.1. The minimum absolute atomic E-state index is 0.0972. The van der Waals surface area contributed by atoms with E-state index in [-0.39, 0.29) is 34.9 Å². The molecule has 9 nitrogen and oxygen atoms in total. The molecule has 0 aliphatic carbocycles. The van der Waals surface area contributed by atoms with Crippen LogP contribution in [0.15, 0.2) is 41.3 Å². The first-order valence-corrected chi connectivity index (χ1v) is 11.2. The van der Waals surface area contributed by atoms with Gasteiger partial charge in [-0.3, -0.25) is 19.7 Å². The van der Waals surface area contributed by atoms with Gasteiger partial charge in [0.1, 0.15) is 5.82 Å². The zero-order valence-electron chi connectivity index (χ0n) is 16.9. The fourth-order valence-corrected chi connectivity index (χ4v) is 4.02. The highest BCUT2D eigenvalue weighted by atomic mass is 32.2. The number of hydrogen-bond acceptors (Lipinski definition) is 7. The highest BCUT2D eigenvalue weighted by Gasteiger charge is 2.26. The van der Waals surface area contributed by atoms with Gasteiger partial charge in [0.2, 0.25) is 0 Å². The largest absolute Gasteiger partial charge is 0.366 e. The van der Waals surface area contributed by atoms with Crippen LogP contribution in [0.3, 0.4) is 0 Å². The average molecular weight is 449 g/mol. The van der Waals surface area contributed by atoms with Crippen molar-refractivity contribution >= 4 is 32.9 Å². The van der Waals surface area contributed by atoms with Gasteiger partial charge in [-0.25, -0.2) is 12.8 Å². The number of carbonyl (C=O) groups is 2. The number of amides is 1. The second kappa shape index (κ2) is 8.42. The van der Waals surface area contributed by atoms with Crippen molar-refractivity contribution < 1.29 is 27.3 Å². The highest BCUT2D eigenvalue weighted by Crippen LogP contribution is 2.25. The molecule has 1 aliphatic heterocycles. The third kappa shape index (κ3) is 4.88. The zero-order chi connectivity index (χ0) is 22.9. The summed E-state index contributed by atoms with van der Waals surface area (Å²) >= 11 is 0. The number of hydrogen-bond donors (Lipinski definition) is 0. The summed E-state index contributed by atoms with van der Waals surface area (Å²) in [5.41, 5.74) is -0.00756. The molecule has 0 spiro atoms. The number of nitro benzene ring substituents is 1. The summed E-state index contributed by atoms with van der Waals surface area (Å²) in [4.78, 5) is 37.5. The lowest BCUT2D eigenvalue weighted by Crippen LogP contribution is -2.49. The molecule has 31 heavy (non-hydrogen) atoms. The minimum atomic E-state index is -3.75. The van der Waals surface area contributed by atoms with Crippen LogP contribution in [0.5, 0.6) is 0 Å². The number of anilines is 1. The summed E-state index contributed by atoms with van der Waals surface area (Å²) in [7, 11) is -3.75. The Labute approximate surface area is 178 Å². The van der Waals surface area contributed by atoms with Crippen LogP contribution in [0.2, 0.25) is 0 Å². The standard InChI is InChI=1S/C20H20FN3O6S/c1-13(25)14-3-4-19(18(21)11-14)22-5-7-23(8-6-22)20(26)15-9-16(24(27)28)12-17(10-15)31(2,29)30/h3-4,9-12H,5-8H2,1-2H3. The monoisotopic (exact) mass is 449 g/mol. The number of piperazine rings is 1. The fourth-order valence-electron chi connectivity index (χ4n) is 3.34. The molecule has 1 amide bonds. The Morgan fingerprint density at radius 1 is 1.03 bits per heavy atom. The first kappa shape index (κ1) is 22.3. The third-order valence-corrected chi connectivity index (χ3v) is 6.13. The van der Waals surface area contributed by atoms with Gasteiger partial charge in [-0.15, -0.1) is 0 Å². The molecule has 11 heteroatoms. The van der Waals surface area contributed by atoms with E-state index in [1.807, 2.05) is 0 Å². The predicted molar refractivity (Wildman–Crippen MR) is 111 cm³/mol. The number of carbonyl (C=O) groups excluding carboxylic acids is 2. The van der Waals surface area contributed by atoms with E-state index in [9.17, 15) is 32.5 Å². The van der Waals surface area contributed by atoms with Crippen LogP contribution in [0.4, 0.5) is 15.8 Å². The van der Waals surface area contributed by atoms with Crippen LogP contribution >= 0.6 is 0 Å². The lowest BCUT2D eigenvalue weighted by atomic mass is 10.1. The molecule has 0 bridgehead atoms. The van der Waals surface area contributed by atoms with Crippen molar-refractivity contribution in [3.63, 3.8) is 0 Å². The first-order valence-electron chi connectivity index (χ1n) is 9.31. The van der Waals surface area contributed by atoms with Crippen molar-refractivity contribution in [2.45, 2.75) is 11.8 Å². The topological polar surface area (TPSA) is 118 Å². The fraction of sp³-hybridized carbons (Fsp3) is 0.300.